The number of aromatic nitrogens is 1. The SMILES string of the molecule is C=C/C(=C\N)c1ccc(/C(C=C)=C/c2c(C)c(C)c(-c3ccc(/C(C=C)=C/C)cc3C=C)n2-c2cccc3ccccc23)cc1. The van der Waals surface area contributed by atoms with E-state index < -0.39 is 0 Å². The molecule has 0 saturated heterocycles. The van der Waals surface area contributed by atoms with Crippen molar-refractivity contribution in [3.8, 4) is 16.9 Å². The average Bonchev–Trinajstić information content (AvgIpc) is 3.32. The van der Waals surface area contributed by atoms with Crippen LogP contribution in [0.1, 0.15) is 46.0 Å². The second kappa shape index (κ2) is 13.4. The number of nitrogens with two attached hydrogens (primary N) is 1. The quantitative estimate of drug-likeness (QED) is 0.163. The van der Waals surface area contributed by atoms with Crippen LogP contribution in [0.3, 0.4) is 0 Å². The molecule has 4 aromatic carbocycles. The largest absolute Gasteiger partial charge is 0.404 e. The molecule has 0 aliphatic carbocycles. The van der Waals surface area contributed by atoms with E-state index in [4.69, 9.17) is 5.73 Å². The summed E-state index contributed by atoms with van der Waals surface area (Å²) in [6.07, 6.45) is 13.5. The highest BCUT2D eigenvalue weighted by Crippen LogP contribution is 2.40. The topological polar surface area (TPSA) is 30.9 Å². The van der Waals surface area contributed by atoms with Crippen LogP contribution in [0.4, 0.5) is 0 Å². The number of rotatable bonds is 10. The van der Waals surface area contributed by atoms with Gasteiger partial charge in [0, 0.05) is 17.1 Å². The smallest absolute Gasteiger partial charge is 0.0572 e. The molecular formula is C43H40N2. The zero-order valence-corrected chi connectivity index (χ0v) is 26.5. The van der Waals surface area contributed by atoms with Crippen LogP contribution in [0.2, 0.25) is 0 Å². The molecule has 0 aliphatic heterocycles. The Morgan fingerprint density at radius 3 is 1.93 bits per heavy atom. The minimum atomic E-state index is 0.894. The van der Waals surface area contributed by atoms with Crippen LogP contribution < -0.4 is 5.73 Å². The Bertz CT molecular complexity index is 2030. The van der Waals surface area contributed by atoms with Gasteiger partial charge in [-0.1, -0.05) is 129 Å². The summed E-state index contributed by atoms with van der Waals surface area (Å²) in [7, 11) is 0. The monoisotopic (exact) mass is 584 g/mol. The molecule has 1 aromatic heterocycles. The summed E-state index contributed by atoms with van der Waals surface area (Å²) in [6, 6.07) is 30.0. The van der Waals surface area contributed by atoms with Crippen LogP contribution in [0.25, 0.3) is 56.6 Å². The summed E-state index contributed by atoms with van der Waals surface area (Å²) in [5, 5.41) is 2.37. The molecule has 0 spiro atoms. The van der Waals surface area contributed by atoms with Gasteiger partial charge in [-0.3, -0.25) is 0 Å². The second-order valence-corrected chi connectivity index (χ2v) is 11.0. The van der Waals surface area contributed by atoms with Crippen LogP contribution in [0.15, 0.2) is 142 Å². The highest BCUT2D eigenvalue weighted by atomic mass is 15.0. The van der Waals surface area contributed by atoms with Crippen molar-refractivity contribution in [2.24, 2.45) is 5.73 Å². The molecule has 0 radical (unpaired) electrons. The summed E-state index contributed by atoms with van der Waals surface area (Å²) in [4.78, 5) is 0. The summed E-state index contributed by atoms with van der Waals surface area (Å²) in [5.41, 5.74) is 20.0. The molecule has 0 amide bonds. The lowest BCUT2D eigenvalue weighted by atomic mass is 9.95. The number of hydrogen-bond acceptors (Lipinski definition) is 1. The Morgan fingerprint density at radius 1 is 0.689 bits per heavy atom. The zero-order chi connectivity index (χ0) is 32.1. The summed E-state index contributed by atoms with van der Waals surface area (Å²) < 4.78 is 2.41. The molecule has 0 aliphatic rings. The standard InChI is InChI=1S/C43H40N2/c1-8-31(9-2)38-24-25-40(33(11-4)26-38)43-30(7)29(6)42(45(43)41-19-15-17-37-16-13-14-18-39(37)41)27-32(10-3)35-20-22-36(23-21-35)34(12-5)28-44/h8-28H,1,3-5,44H2,2,6-7H3/b31-9+,32-27+,34-28+. The highest BCUT2D eigenvalue weighted by Gasteiger charge is 2.22. The van der Waals surface area contributed by atoms with Crippen LogP contribution >= 0.6 is 0 Å². The van der Waals surface area contributed by atoms with Crippen LogP contribution in [-0.4, -0.2) is 4.57 Å². The predicted molar refractivity (Wildman–Crippen MR) is 199 cm³/mol. The van der Waals surface area contributed by atoms with Crippen LogP contribution in [-0.2, 0) is 0 Å². The van der Waals surface area contributed by atoms with E-state index in [1.165, 1.54) is 21.9 Å². The molecule has 2 N–H and O–H groups in total. The number of allylic oxidation sites excluding steroid dienone is 7. The van der Waals surface area contributed by atoms with E-state index >= 15 is 0 Å². The maximum Gasteiger partial charge on any atom is 0.0572 e. The fraction of sp³-hybridized carbons (Fsp3) is 0.0698. The van der Waals surface area contributed by atoms with Gasteiger partial charge in [0.15, 0.2) is 0 Å². The molecule has 2 heteroatoms. The first kappa shape index (κ1) is 30.8. The van der Waals surface area contributed by atoms with Gasteiger partial charge < -0.3 is 10.3 Å². The van der Waals surface area contributed by atoms with Crippen molar-refractivity contribution >= 4 is 39.6 Å². The Morgan fingerprint density at radius 2 is 1.31 bits per heavy atom. The minimum Gasteiger partial charge on any atom is -0.404 e. The molecular weight excluding hydrogens is 544 g/mol. The fourth-order valence-corrected chi connectivity index (χ4v) is 6.05. The lowest BCUT2D eigenvalue weighted by Gasteiger charge is -2.18. The van der Waals surface area contributed by atoms with Gasteiger partial charge in [-0.15, -0.1) is 0 Å². The highest BCUT2D eigenvalue weighted by molar-refractivity contribution is 5.95. The lowest BCUT2D eigenvalue weighted by molar-refractivity contribution is 1.07. The van der Waals surface area contributed by atoms with Gasteiger partial charge in [-0.05, 0) is 94.5 Å². The van der Waals surface area contributed by atoms with Gasteiger partial charge >= 0.3 is 0 Å². The molecule has 0 atom stereocenters. The van der Waals surface area contributed by atoms with Crippen molar-refractivity contribution < 1.29 is 0 Å². The molecule has 222 valence electrons. The van der Waals surface area contributed by atoms with Crippen molar-refractivity contribution in [3.05, 3.63) is 181 Å². The average molecular weight is 585 g/mol. The van der Waals surface area contributed by atoms with Crippen LogP contribution in [0.5, 0.6) is 0 Å². The minimum absolute atomic E-state index is 0.894. The van der Waals surface area contributed by atoms with E-state index in [9.17, 15) is 0 Å². The predicted octanol–water partition coefficient (Wildman–Crippen LogP) is 11.4. The number of benzene rings is 4. The Hall–Kier alpha value is -5.60. The molecule has 5 rings (SSSR count). The van der Waals surface area contributed by atoms with Gasteiger partial charge in [0.2, 0.25) is 0 Å². The summed E-state index contributed by atoms with van der Waals surface area (Å²) in [5.74, 6) is 0. The number of fused-ring (bicyclic) bond motifs is 1. The molecule has 0 bridgehead atoms. The molecule has 0 fully saturated rings. The van der Waals surface area contributed by atoms with Crippen molar-refractivity contribution in [1.29, 1.82) is 0 Å². The van der Waals surface area contributed by atoms with Crippen molar-refractivity contribution in [1.82, 2.24) is 4.57 Å². The maximum absolute atomic E-state index is 5.81. The Labute approximate surface area is 267 Å². The zero-order valence-electron chi connectivity index (χ0n) is 26.5. The van der Waals surface area contributed by atoms with Gasteiger partial charge in [0.25, 0.3) is 0 Å². The third kappa shape index (κ3) is 5.71. The normalized spacial score (nSPS) is 12.3. The van der Waals surface area contributed by atoms with E-state index in [2.05, 4.69) is 142 Å². The third-order valence-corrected chi connectivity index (χ3v) is 8.63. The van der Waals surface area contributed by atoms with Crippen molar-refractivity contribution in [3.63, 3.8) is 0 Å². The van der Waals surface area contributed by atoms with Gasteiger partial charge in [0.1, 0.15) is 0 Å². The third-order valence-electron chi connectivity index (χ3n) is 8.63. The first-order valence-electron chi connectivity index (χ1n) is 15.2. The maximum atomic E-state index is 5.81. The Balaban J connectivity index is 1.83. The van der Waals surface area contributed by atoms with E-state index in [0.29, 0.717) is 0 Å². The van der Waals surface area contributed by atoms with Crippen molar-refractivity contribution in [2.75, 3.05) is 0 Å². The first-order chi connectivity index (χ1) is 21.9. The Kier molecular flexibility index (Phi) is 9.16. The van der Waals surface area contributed by atoms with E-state index in [1.54, 1.807) is 12.3 Å². The molecule has 0 unspecified atom stereocenters. The van der Waals surface area contributed by atoms with Gasteiger partial charge in [-0.25, -0.2) is 0 Å². The molecule has 5 aromatic rings. The number of hydrogen-bond donors (Lipinski definition) is 1. The van der Waals surface area contributed by atoms with Gasteiger partial charge in [0.05, 0.1) is 17.1 Å². The molecule has 1 heterocycles. The fourth-order valence-electron chi connectivity index (χ4n) is 6.05. The first-order valence-corrected chi connectivity index (χ1v) is 15.2. The van der Waals surface area contributed by atoms with Gasteiger partial charge in [-0.2, -0.15) is 0 Å². The van der Waals surface area contributed by atoms with E-state index in [-0.39, 0.29) is 0 Å². The summed E-state index contributed by atoms with van der Waals surface area (Å²) >= 11 is 0. The van der Waals surface area contributed by atoms with E-state index in [0.717, 1.165) is 61.6 Å². The number of nitrogens with zero attached hydrogens (tertiary/aromatic N) is 1. The molecule has 0 saturated carbocycles. The molecule has 2 nitrogen and oxygen atoms in total. The lowest BCUT2D eigenvalue weighted by Crippen LogP contribution is -2.03. The van der Waals surface area contributed by atoms with Crippen LogP contribution in [0, 0.1) is 13.8 Å². The molecule has 45 heavy (non-hydrogen) atoms. The van der Waals surface area contributed by atoms with Crippen molar-refractivity contribution in [2.45, 2.75) is 20.8 Å². The van der Waals surface area contributed by atoms with E-state index in [1.807, 2.05) is 25.2 Å². The second-order valence-electron chi connectivity index (χ2n) is 11.0. The summed E-state index contributed by atoms with van der Waals surface area (Å²) in [6.45, 7) is 22.8.